The largest absolute Gasteiger partial charge is 0.496 e. The molecular formula is C24H27N3O3. The Morgan fingerprint density at radius 1 is 1.20 bits per heavy atom. The van der Waals surface area contributed by atoms with E-state index >= 15 is 0 Å². The molecule has 30 heavy (non-hydrogen) atoms. The van der Waals surface area contributed by atoms with Gasteiger partial charge in [-0.15, -0.1) is 0 Å². The SMILES string of the molecule is COc1ccc(C)cc1C(=O)CCC(=O)N1CCC[C@H](c2nc3ccccc3[nH]2)C1. The molecule has 0 unspecified atom stereocenters. The zero-order valence-electron chi connectivity index (χ0n) is 17.5. The lowest BCUT2D eigenvalue weighted by Gasteiger charge is -2.32. The molecule has 1 N–H and O–H groups in total. The van der Waals surface area contributed by atoms with Crippen LogP contribution < -0.4 is 4.74 Å². The van der Waals surface area contributed by atoms with Crippen LogP contribution in [0, 0.1) is 6.92 Å². The van der Waals surface area contributed by atoms with Crippen LogP contribution in [0.15, 0.2) is 42.5 Å². The van der Waals surface area contributed by atoms with Crippen molar-refractivity contribution in [2.45, 2.75) is 38.5 Å². The molecule has 1 aliphatic rings. The van der Waals surface area contributed by atoms with Crippen molar-refractivity contribution in [1.29, 1.82) is 0 Å². The third-order valence-electron chi connectivity index (χ3n) is 5.79. The molecule has 1 fully saturated rings. The minimum absolute atomic E-state index is 0.0239. The number of rotatable bonds is 6. The van der Waals surface area contributed by atoms with Crippen molar-refractivity contribution < 1.29 is 14.3 Å². The summed E-state index contributed by atoms with van der Waals surface area (Å²) < 4.78 is 5.31. The number of methoxy groups -OCH3 is 1. The Bertz CT molecular complexity index is 1040. The first-order valence-electron chi connectivity index (χ1n) is 10.5. The highest BCUT2D eigenvalue weighted by atomic mass is 16.5. The summed E-state index contributed by atoms with van der Waals surface area (Å²) in [6.45, 7) is 3.31. The Morgan fingerprint density at radius 3 is 2.83 bits per heavy atom. The number of Topliss-reactive ketones (excluding diaryl/α,β-unsaturated/α-hetero) is 1. The molecule has 1 amide bonds. The van der Waals surface area contributed by atoms with E-state index in [4.69, 9.17) is 9.72 Å². The number of aromatic nitrogens is 2. The second-order valence-corrected chi connectivity index (χ2v) is 7.95. The van der Waals surface area contributed by atoms with Crippen molar-refractivity contribution in [3.8, 4) is 5.75 Å². The maximum Gasteiger partial charge on any atom is 0.223 e. The first kappa shape index (κ1) is 20.1. The Labute approximate surface area is 176 Å². The summed E-state index contributed by atoms with van der Waals surface area (Å²) >= 11 is 0. The van der Waals surface area contributed by atoms with Gasteiger partial charge in [-0.1, -0.05) is 23.8 Å². The zero-order chi connectivity index (χ0) is 21.1. The van der Waals surface area contributed by atoms with Gasteiger partial charge in [0.15, 0.2) is 5.78 Å². The Kier molecular flexibility index (Phi) is 5.84. The topological polar surface area (TPSA) is 75.3 Å². The molecule has 1 atom stereocenters. The number of H-pyrrole nitrogens is 1. The first-order chi connectivity index (χ1) is 14.5. The van der Waals surface area contributed by atoms with Crippen LogP contribution in [0.1, 0.15) is 53.3 Å². The molecule has 0 bridgehead atoms. The van der Waals surface area contributed by atoms with Crippen LogP contribution in [0.25, 0.3) is 11.0 Å². The van der Waals surface area contributed by atoms with E-state index in [2.05, 4.69) is 4.98 Å². The summed E-state index contributed by atoms with van der Waals surface area (Å²) in [5.74, 6) is 1.66. The minimum atomic E-state index is -0.0604. The third-order valence-corrected chi connectivity index (χ3v) is 5.79. The van der Waals surface area contributed by atoms with Gasteiger partial charge in [-0.2, -0.15) is 0 Å². The van der Waals surface area contributed by atoms with Crippen LogP contribution >= 0.6 is 0 Å². The number of imidazole rings is 1. The highest BCUT2D eigenvalue weighted by molar-refractivity contribution is 6.00. The summed E-state index contributed by atoms with van der Waals surface area (Å²) in [5, 5.41) is 0. The summed E-state index contributed by atoms with van der Waals surface area (Å²) in [5.41, 5.74) is 3.52. The third kappa shape index (κ3) is 4.22. The normalized spacial score (nSPS) is 16.6. The van der Waals surface area contributed by atoms with E-state index in [1.807, 2.05) is 48.2 Å². The van der Waals surface area contributed by atoms with Gasteiger partial charge in [-0.3, -0.25) is 9.59 Å². The number of fused-ring (bicyclic) bond motifs is 1. The molecule has 1 saturated heterocycles. The second kappa shape index (κ2) is 8.69. The van der Waals surface area contributed by atoms with Crippen LogP contribution in [0.5, 0.6) is 5.75 Å². The molecule has 0 spiro atoms. The second-order valence-electron chi connectivity index (χ2n) is 7.95. The average molecular weight is 405 g/mol. The van der Waals surface area contributed by atoms with Crippen LogP contribution in [0.4, 0.5) is 0 Å². The van der Waals surface area contributed by atoms with Gasteiger partial charge < -0.3 is 14.6 Å². The minimum Gasteiger partial charge on any atom is -0.496 e. The first-order valence-corrected chi connectivity index (χ1v) is 10.5. The Balaban J connectivity index is 1.39. The number of carbonyl (C=O) groups excluding carboxylic acids is 2. The Hall–Kier alpha value is -3.15. The van der Waals surface area contributed by atoms with Crippen molar-refractivity contribution >= 4 is 22.7 Å². The zero-order valence-corrected chi connectivity index (χ0v) is 17.5. The highest BCUT2D eigenvalue weighted by Crippen LogP contribution is 2.27. The molecule has 2 aromatic carbocycles. The number of benzene rings is 2. The molecule has 1 aromatic heterocycles. The van der Waals surface area contributed by atoms with Crippen molar-refractivity contribution in [3.05, 3.63) is 59.4 Å². The van der Waals surface area contributed by atoms with E-state index in [-0.39, 0.29) is 30.4 Å². The number of ether oxygens (including phenoxy) is 1. The van der Waals surface area contributed by atoms with E-state index in [0.717, 1.165) is 41.8 Å². The lowest BCUT2D eigenvalue weighted by molar-refractivity contribution is -0.132. The molecule has 0 radical (unpaired) electrons. The lowest BCUT2D eigenvalue weighted by Crippen LogP contribution is -2.39. The molecule has 2 heterocycles. The van der Waals surface area contributed by atoms with Crippen molar-refractivity contribution in [3.63, 3.8) is 0 Å². The van der Waals surface area contributed by atoms with Gasteiger partial charge in [-0.25, -0.2) is 4.98 Å². The molecule has 0 aliphatic carbocycles. The summed E-state index contributed by atoms with van der Waals surface area (Å²) in [7, 11) is 1.55. The number of hydrogen-bond donors (Lipinski definition) is 1. The van der Waals surface area contributed by atoms with Crippen LogP contribution in [-0.4, -0.2) is 46.8 Å². The average Bonchev–Trinajstić information content (AvgIpc) is 3.21. The quantitative estimate of drug-likeness (QED) is 0.622. The number of aryl methyl sites for hydroxylation is 1. The van der Waals surface area contributed by atoms with Crippen molar-refractivity contribution in [2.24, 2.45) is 0 Å². The molecule has 4 rings (SSSR count). The van der Waals surface area contributed by atoms with E-state index < -0.39 is 0 Å². The molecular weight excluding hydrogens is 378 g/mol. The van der Waals surface area contributed by atoms with Gasteiger partial charge in [-0.05, 0) is 44.0 Å². The molecule has 3 aromatic rings. The van der Waals surface area contributed by atoms with Crippen molar-refractivity contribution in [2.75, 3.05) is 20.2 Å². The molecule has 6 heteroatoms. The van der Waals surface area contributed by atoms with Crippen molar-refractivity contribution in [1.82, 2.24) is 14.9 Å². The maximum absolute atomic E-state index is 12.8. The van der Waals surface area contributed by atoms with Gasteiger partial charge in [0, 0.05) is 31.8 Å². The van der Waals surface area contributed by atoms with Crippen LogP contribution in [0.3, 0.4) is 0 Å². The van der Waals surface area contributed by atoms with E-state index in [1.165, 1.54) is 0 Å². The maximum atomic E-state index is 12.8. The lowest BCUT2D eigenvalue weighted by atomic mass is 9.96. The highest BCUT2D eigenvalue weighted by Gasteiger charge is 2.27. The summed E-state index contributed by atoms with van der Waals surface area (Å²) in [4.78, 5) is 35.5. The standard InChI is InChI=1S/C24H27N3O3/c1-16-9-11-22(30-2)18(14-16)21(28)10-12-23(29)27-13-5-6-17(15-27)24-25-19-7-3-4-8-20(19)26-24/h3-4,7-9,11,14,17H,5-6,10,12-13,15H2,1-2H3,(H,25,26)/t17-/m0/s1. The number of carbonyl (C=O) groups is 2. The summed E-state index contributed by atoms with van der Waals surface area (Å²) in [6, 6.07) is 13.5. The molecule has 1 aliphatic heterocycles. The number of nitrogens with one attached hydrogen (secondary N) is 1. The van der Waals surface area contributed by atoms with E-state index in [0.29, 0.717) is 17.9 Å². The fraction of sp³-hybridized carbons (Fsp3) is 0.375. The molecule has 6 nitrogen and oxygen atoms in total. The number of hydrogen-bond acceptors (Lipinski definition) is 4. The van der Waals surface area contributed by atoms with Gasteiger partial charge >= 0.3 is 0 Å². The molecule has 0 saturated carbocycles. The van der Waals surface area contributed by atoms with Gasteiger partial charge in [0.25, 0.3) is 0 Å². The fourth-order valence-electron chi connectivity index (χ4n) is 4.15. The predicted octanol–water partition coefficient (Wildman–Crippen LogP) is 4.25. The van der Waals surface area contributed by atoms with Gasteiger partial charge in [0.2, 0.25) is 5.91 Å². The van der Waals surface area contributed by atoms with Crippen LogP contribution in [-0.2, 0) is 4.79 Å². The number of aromatic amines is 1. The number of likely N-dealkylation sites (tertiary alicyclic amines) is 1. The van der Waals surface area contributed by atoms with E-state index in [9.17, 15) is 9.59 Å². The number of para-hydroxylation sites is 2. The van der Waals surface area contributed by atoms with E-state index in [1.54, 1.807) is 13.2 Å². The van der Waals surface area contributed by atoms with Crippen LogP contribution in [0.2, 0.25) is 0 Å². The molecule has 156 valence electrons. The number of amides is 1. The van der Waals surface area contributed by atoms with Gasteiger partial charge in [0.1, 0.15) is 11.6 Å². The van der Waals surface area contributed by atoms with Gasteiger partial charge in [0.05, 0.1) is 23.7 Å². The predicted molar refractivity (Wildman–Crippen MR) is 116 cm³/mol. The number of nitrogens with zero attached hydrogens (tertiary/aromatic N) is 2. The number of piperidine rings is 1. The monoisotopic (exact) mass is 405 g/mol. The number of ketones is 1. The smallest absolute Gasteiger partial charge is 0.223 e. The fourth-order valence-corrected chi connectivity index (χ4v) is 4.15. The summed E-state index contributed by atoms with van der Waals surface area (Å²) in [6.07, 6.45) is 2.34. The Morgan fingerprint density at radius 2 is 2.03 bits per heavy atom.